The van der Waals surface area contributed by atoms with Gasteiger partial charge in [0.05, 0.1) is 0 Å². The lowest BCUT2D eigenvalue weighted by atomic mass is 9.95. The van der Waals surface area contributed by atoms with Gasteiger partial charge in [-0.15, -0.1) is 0 Å². The Balaban J connectivity index is 1.24. The lowest BCUT2D eigenvalue weighted by Crippen LogP contribution is -2.51. The molecule has 2 aromatic rings. The average Bonchev–Trinajstić information content (AvgIpc) is 3.32. The molecule has 5 rings (SSSR count). The molecule has 0 unspecified atom stereocenters. The molecule has 1 aromatic carbocycles. The first-order valence-electron chi connectivity index (χ1n) is 13.4. The number of carbonyl (C=O) groups excluding carboxylic acids is 3. The third kappa shape index (κ3) is 5.24. The van der Waals surface area contributed by atoms with Crippen LogP contribution in [-0.2, 0) is 29.0 Å². The molecule has 1 aromatic heterocycles. The number of hydrogen-bond acceptors (Lipinski definition) is 6. The van der Waals surface area contributed by atoms with E-state index in [1.165, 1.54) is 0 Å². The fraction of sp³-hybridized carbons (Fsp3) is 0.556. The van der Waals surface area contributed by atoms with Gasteiger partial charge in [-0.3, -0.25) is 19.1 Å². The molecule has 2 fully saturated rings. The monoisotopic (exact) mass is 542 g/mol. The van der Waals surface area contributed by atoms with Crippen molar-refractivity contribution in [1.82, 2.24) is 24.5 Å². The minimum Gasteiger partial charge on any atom is -0.387 e. The van der Waals surface area contributed by atoms with Gasteiger partial charge in [0.25, 0.3) is 5.91 Å². The van der Waals surface area contributed by atoms with E-state index >= 15 is 0 Å². The van der Waals surface area contributed by atoms with Gasteiger partial charge in [0.2, 0.25) is 11.8 Å². The number of anilines is 1. The first kappa shape index (κ1) is 26.5. The summed E-state index contributed by atoms with van der Waals surface area (Å²) >= 11 is 6.31. The molecule has 11 heteroatoms. The van der Waals surface area contributed by atoms with E-state index in [1.54, 1.807) is 14.5 Å². The number of fused-ring (bicyclic) bond motifs is 1. The number of aromatic nitrogens is 2. The van der Waals surface area contributed by atoms with Crippen LogP contribution in [0.3, 0.4) is 0 Å². The Bertz CT molecular complexity index is 1210. The Labute approximate surface area is 227 Å². The standard InChI is InChI=1S/C27H35ClN6O4/c1-19-21(28)6-4-8-22(19)30-9-11-31(12-10-30)24(36)17-34-23-7-3-2-5-20(23)26(29-34)27(38)33-15-13-32(14-16-33)25(37)18-35/h4,6,8,35H,2-3,5,7,9-18H2,1H3. The predicted octanol–water partition coefficient (Wildman–Crippen LogP) is 1.35. The summed E-state index contributed by atoms with van der Waals surface area (Å²) < 4.78 is 1.75. The number of halogens is 1. The van der Waals surface area contributed by atoms with Crippen LogP contribution in [0.2, 0.25) is 5.02 Å². The zero-order valence-corrected chi connectivity index (χ0v) is 22.6. The second kappa shape index (κ2) is 11.3. The van der Waals surface area contributed by atoms with Crippen LogP contribution < -0.4 is 4.90 Å². The average molecular weight is 543 g/mol. The molecule has 38 heavy (non-hydrogen) atoms. The maximum atomic E-state index is 13.4. The van der Waals surface area contributed by atoms with Crippen molar-refractivity contribution < 1.29 is 19.5 Å². The fourth-order valence-electron chi connectivity index (χ4n) is 5.75. The van der Waals surface area contributed by atoms with E-state index in [-0.39, 0.29) is 24.3 Å². The van der Waals surface area contributed by atoms with Gasteiger partial charge in [0.15, 0.2) is 5.69 Å². The van der Waals surface area contributed by atoms with Crippen molar-refractivity contribution in [1.29, 1.82) is 0 Å². The number of amides is 3. The Morgan fingerprint density at radius 2 is 1.53 bits per heavy atom. The Hall–Kier alpha value is -3.11. The number of hydrogen-bond donors (Lipinski definition) is 1. The van der Waals surface area contributed by atoms with Crippen molar-refractivity contribution in [3.63, 3.8) is 0 Å². The summed E-state index contributed by atoms with van der Waals surface area (Å²) in [5.74, 6) is -0.449. The van der Waals surface area contributed by atoms with E-state index in [0.717, 1.165) is 66.3 Å². The number of nitrogens with zero attached hydrogens (tertiary/aromatic N) is 6. The number of aliphatic hydroxyl groups is 1. The van der Waals surface area contributed by atoms with Gasteiger partial charge in [0.1, 0.15) is 13.2 Å². The molecule has 1 aliphatic carbocycles. The SMILES string of the molecule is Cc1c(Cl)cccc1N1CCN(C(=O)Cn2nc(C(=O)N3CCN(C(=O)CO)CC3)c3c2CCCC3)CC1. The molecule has 1 N–H and O–H groups in total. The fourth-order valence-corrected chi connectivity index (χ4v) is 5.92. The first-order valence-corrected chi connectivity index (χ1v) is 13.8. The summed E-state index contributed by atoms with van der Waals surface area (Å²) in [6.07, 6.45) is 3.60. The molecule has 0 spiro atoms. The molecule has 10 nitrogen and oxygen atoms in total. The Kier molecular flexibility index (Phi) is 7.90. The summed E-state index contributed by atoms with van der Waals surface area (Å²) in [5.41, 5.74) is 4.56. The molecule has 0 atom stereocenters. The topological polar surface area (TPSA) is 102 Å². The van der Waals surface area contributed by atoms with Gasteiger partial charge in [-0.25, -0.2) is 0 Å². The number of piperazine rings is 2. The highest BCUT2D eigenvalue weighted by Crippen LogP contribution is 2.28. The normalized spacial score (nSPS) is 18.0. The second-order valence-corrected chi connectivity index (χ2v) is 10.6. The van der Waals surface area contributed by atoms with E-state index in [9.17, 15) is 14.4 Å². The minimum absolute atomic E-state index is 0.0125. The van der Waals surface area contributed by atoms with Crippen molar-refractivity contribution >= 4 is 35.0 Å². The smallest absolute Gasteiger partial charge is 0.274 e. The molecule has 2 aliphatic heterocycles. The molecule has 0 bridgehead atoms. The van der Waals surface area contributed by atoms with Crippen LogP contribution in [0.15, 0.2) is 18.2 Å². The molecular weight excluding hydrogens is 508 g/mol. The van der Waals surface area contributed by atoms with E-state index in [1.807, 2.05) is 24.0 Å². The van der Waals surface area contributed by atoms with Crippen LogP contribution in [0.4, 0.5) is 5.69 Å². The third-order valence-electron chi connectivity index (χ3n) is 8.01. The molecule has 204 valence electrons. The predicted molar refractivity (Wildman–Crippen MR) is 143 cm³/mol. The lowest BCUT2D eigenvalue weighted by molar-refractivity contribution is -0.135. The molecule has 0 saturated carbocycles. The molecule has 3 amide bonds. The van der Waals surface area contributed by atoms with Gasteiger partial charge < -0.3 is 24.7 Å². The van der Waals surface area contributed by atoms with Crippen LogP contribution in [0.25, 0.3) is 0 Å². The summed E-state index contributed by atoms with van der Waals surface area (Å²) in [5, 5.41) is 14.5. The van der Waals surface area contributed by atoms with Crippen molar-refractivity contribution in [3.8, 4) is 0 Å². The molecule has 3 aliphatic rings. The molecule has 0 radical (unpaired) electrons. The second-order valence-electron chi connectivity index (χ2n) is 10.2. The first-order chi connectivity index (χ1) is 18.4. The Morgan fingerprint density at radius 1 is 0.895 bits per heavy atom. The third-order valence-corrected chi connectivity index (χ3v) is 8.42. The van der Waals surface area contributed by atoms with Crippen molar-refractivity contribution in [3.05, 3.63) is 45.7 Å². The summed E-state index contributed by atoms with van der Waals surface area (Å²) in [6, 6.07) is 5.91. The summed E-state index contributed by atoms with van der Waals surface area (Å²) in [7, 11) is 0. The summed E-state index contributed by atoms with van der Waals surface area (Å²) in [4.78, 5) is 45.9. The highest BCUT2D eigenvalue weighted by atomic mass is 35.5. The van der Waals surface area contributed by atoms with Crippen LogP contribution >= 0.6 is 11.6 Å². The van der Waals surface area contributed by atoms with E-state index < -0.39 is 6.61 Å². The van der Waals surface area contributed by atoms with E-state index in [2.05, 4.69) is 16.1 Å². The van der Waals surface area contributed by atoms with Gasteiger partial charge >= 0.3 is 0 Å². The van der Waals surface area contributed by atoms with E-state index in [0.29, 0.717) is 45.0 Å². The highest BCUT2D eigenvalue weighted by Gasteiger charge is 2.32. The van der Waals surface area contributed by atoms with Gasteiger partial charge in [-0.05, 0) is 50.3 Å². The van der Waals surface area contributed by atoms with Crippen LogP contribution in [0.1, 0.15) is 40.2 Å². The number of rotatable bonds is 5. The molecule has 3 heterocycles. The zero-order valence-electron chi connectivity index (χ0n) is 21.9. The summed E-state index contributed by atoms with van der Waals surface area (Å²) in [6.45, 7) is 5.94. The highest BCUT2D eigenvalue weighted by molar-refractivity contribution is 6.31. The Morgan fingerprint density at radius 3 is 2.24 bits per heavy atom. The quantitative estimate of drug-likeness (QED) is 0.612. The number of aliphatic hydroxyl groups excluding tert-OH is 1. The van der Waals surface area contributed by atoms with Gasteiger partial charge in [-0.2, -0.15) is 5.10 Å². The lowest BCUT2D eigenvalue weighted by Gasteiger charge is -2.37. The van der Waals surface area contributed by atoms with Crippen molar-refractivity contribution in [2.75, 3.05) is 63.9 Å². The maximum Gasteiger partial charge on any atom is 0.274 e. The van der Waals surface area contributed by atoms with Crippen LogP contribution in [-0.4, -0.2) is 106 Å². The van der Waals surface area contributed by atoms with Crippen molar-refractivity contribution in [2.24, 2.45) is 0 Å². The van der Waals surface area contributed by atoms with Gasteiger partial charge in [-0.1, -0.05) is 17.7 Å². The molecular formula is C27H35ClN6O4. The number of carbonyl (C=O) groups is 3. The van der Waals surface area contributed by atoms with E-state index in [4.69, 9.17) is 16.7 Å². The number of benzene rings is 1. The van der Waals surface area contributed by atoms with Crippen LogP contribution in [0, 0.1) is 6.92 Å². The van der Waals surface area contributed by atoms with Crippen LogP contribution in [0.5, 0.6) is 0 Å². The van der Waals surface area contributed by atoms with Gasteiger partial charge in [0, 0.05) is 74.3 Å². The zero-order chi connectivity index (χ0) is 26.8. The largest absolute Gasteiger partial charge is 0.387 e. The van der Waals surface area contributed by atoms with Crippen molar-refractivity contribution in [2.45, 2.75) is 39.2 Å². The molecule has 2 saturated heterocycles. The maximum absolute atomic E-state index is 13.4. The minimum atomic E-state index is -0.519.